The lowest BCUT2D eigenvalue weighted by atomic mass is 10.1. The molecule has 0 unspecified atom stereocenters. The smallest absolute Gasteiger partial charge is 0.297 e. The number of aromatic nitrogens is 2. The molecule has 2 aromatic rings. The van der Waals surface area contributed by atoms with E-state index in [0.29, 0.717) is 6.10 Å². The Morgan fingerprint density at radius 2 is 1.81 bits per heavy atom. The predicted molar refractivity (Wildman–Crippen MR) is 84.3 cm³/mol. The first-order valence-corrected chi connectivity index (χ1v) is 7.60. The zero-order chi connectivity index (χ0) is 14.8. The van der Waals surface area contributed by atoms with E-state index in [1.807, 2.05) is 7.11 Å². The van der Waals surface area contributed by atoms with Crippen LogP contribution in [0.1, 0.15) is 12.8 Å². The van der Waals surface area contributed by atoms with Crippen LogP contribution >= 0.6 is 0 Å². The molecule has 4 nitrogen and oxygen atoms in total. The fourth-order valence-electron chi connectivity index (χ4n) is 3.12. The van der Waals surface area contributed by atoms with Gasteiger partial charge in [-0.2, -0.15) is 4.68 Å². The quantitative estimate of drug-likeness (QED) is 0.806. The maximum Gasteiger partial charge on any atom is 0.297 e. The van der Waals surface area contributed by atoms with Crippen LogP contribution < -0.4 is 9.58 Å². The van der Waals surface area contributed by atoms with E-state index in [0.717, 1.165) is 25.9 Å². The van der Waals surface area contributed by atoms with Crippen LogP contribution in [0.3, 0.4) is 0 Å². The van der Waals surface area contributed by atoms with Crippen LogP contribution in [0.15, 0.2) is 36.4 Å². The van der Waals surface area contributed by atoms with Crippen LogP contribution in [-0.2, 0) is 18.8 Å². The van der Waals surface area contributed by atoms with E-state index in [1.54, 1.807) is 0 Å². The lowest BCUT2D eigenvalue weighted by Gasteiger charge is -2.26. The number of ether oxygens (including phenoxy) is 1. The van der Waals surface area contributed by atoms with Crippen molar-refractivity contribution in [1.29, 1.82) is 0 Å². The molecule has 0 amide bonds. The molecule has 3 rings (SSSR count). The topological polar surface area (TPSA) is 21.3 Å². The molecule has 0 saturated carbocycles. The molecule has 1 fully saturated rings. The van der Waals surface area contributed by atoms with Crippen molar-refractivity contribution >= 4 is 5.82 Å². The minimum Gasteiger partial charge on any atom is -0.381 e. The van der Waals surface area contributed by atoms with Crippen molar-refractivity contribution in [2.45, 2.75) is 18.9 Å². The highest BCUT2D eigenvalue weighted by molar-refractivity contribution is 5.62. The summed E-state index contributed by atoms with van der Waals surface area (Å²) >= 11 is 0. The largest absolute Gasteiger partial charge is 0.381 e. The van der Waals surface area contributed by atoms with Gasteiger partial charge in [0, 0.05) is 32.6 Å². The van der Waals surface area contributed by atoms with Gasteiger partial charge in [0.15, 0.2) is 0 Å². The minimum atomic E-state index is 0.420. The van der Waals surface area contributed by atoms with Crippen LogP contribution in [0.5, 0.6) is 0 Å². The maximum atomic E-state index is 5.47. The second kappa shape index (κ2) is 5.90. The molecule has 1 aromatic heterocycles. The number of rotatable bonds is 3. The summed E-state index contributed by atoms with van der Waals surface area (Å²) in [4.78, 5) is 2.46. The van der Waals surface area contributed by atoms with Gasteiger partial charge in [-0.1, -0.05) is 30.3 Å². The summed E-state index contributed by atoms with van der Waals surface area (Å²) in [6.45, 7) is 2.12. The van der Waals surface area contributed by atoms with Gasteiger partial charge < -0.3 is 4.74 Å². The van der Waals surface area contributed by atoms with Crippen LogP contribution in [-0.4, -0.2) is 31.0 Å². The minimum absolute atomic E-state index is 0.420. The standard InChI is InChI=1S/C17H24N3O/c1-18-16(14-7-5-4-6-8-14)13-17(19(18)2)20-11-9-15(21-3)10-12-20/h4-8,13,15H,9-12H2,1-3H3/q+1. The van der Waals surface area contributed by atoms with Gasteiger partial charge in [0.05, 0.1) is 31.0 Å². The van der Waals surface area contributed by atoms with Crippen LogP contribution in [0.25, 0.3) is 11.3 Å². The first-order valence-electron chi connectivity index (χ1n) is 7.60. The van der Waals surface area contributed by atoms with Crippen molar-refractivity contribution in [2.75, 3.05) is 25.1 Å². The van der Waals surface area contributed by atoms with Gasteiger partial charge in [-0.25, -0.2) is 4.68 Å². The highest BCUT2D eigenvalue weighted by atomic mass is 16.5. The SMILES string of the molecule is COC1CCN(c2cc(-c3ccccc3)n(C)[n+]2C)CC1. The number of piperidine rings is 1. The number of benzene rings is 1. The van der Waals surface area contributed by atoms with Crippen molar-refractivity contribution in [1.82, 2.24) is 4.68 Å². The van der Waals surface area contributed by atoms with Gasteiger partial charge in [-0.15, -0.1) is 0 Å². The molecule has 2 heterocycles. The van der Waals surface area contributed by atoms with Crippen molar-refractivity contribution in [3.8, 4) is 11.3 Å². The van der Waals surface area contributed by atoms with E-state index in [4.69, 9.17) is 4.74 Å². The van der Waals surface area contributed by atoms with E-state index in [9.17, 15) is 0 Å². The van der Waals surface area contributed by atoms with Gasteiger partial charge in [0.25, 0.3) is 5.82 Å². The molecule has 21 heavy (non-hydrogen) atoms. The lowest BCUT2D eigenvalue weighted by molar-refractivity contribution is -0.738. The Morgan fingerprint density at radius 1 is 1.14 bits per heavy atom. The van der Waals surface area contributed by atoms with Crippen LogP contribution in [0.2, 0.25) is 0 Å². The van der Waals surface area contributed by atoms with E-state index in [2.05, 4.69) is 64.8 Å². The molecule has 1 aliphatic rings. The number of hydrogen-bond donors (Lipinski definition) is 0. The molecular formula is C17H24N3O+. The molecule has 0 spiro atoms. The fourth-order valence-corrected chi connectivity index (χ4v) is 3.12. The van der Waals surface area contributed by atoms with E-state index in [-0.39, 0.29) is 0 Å². The van der Waals surface area contributed by atoms with Crippen molar-refractivity contribution in [2.24, 2.45) is 14.1 Å². The van der Waals surface area contributed by atoms with Crippen molar-refractivity contribution in [3.05, 3.63) is 36.4 Å². The molecular weight excluding hydrogens is 262 g/mol. The Balaban J connectivity index is 1.88. The lowest BCUT2D eigenvalue weighted by Crippen LogP contribution is -2.47. The molecule has 0 N–H and O–H groups in total. The van der Waals surface area contributed by atoms with E-state index in [1.165, 1.54) is 17.1 Å². The first kappa shape index (κ1) is 14.1. The number of anilines is 1. The van der Waals surface area contributed by atoms with Crippen molar-refractivity contribution in [3.63, 3.8) is 0 Å². The molecule has 1 aromatic carbocycles. The fraction of sp³-hybridized carbons (Fsp3) is 0.471. The van der Waals surface area contributed by atoms with Gasteiger partial charge in [0.1, 0.15) is 7.05 Å². The molecule has 1 aliphatic heterocycles. The third-order valence-corrected chi connectivity index (χ3v) is 4.56. The predicted octanol–water partition coefficient (Wildman–Crippen LogP) is 2.13. The average molecular weight is 286 g/mol. The van der Waals surface area contributed by atoms with E-state index < -0.39 is 0 Å². The number of nitrogens with zero attached hydrogens (tertiary/aromatic N) is 3. The molecule has 0 radical (unpaired) electrons. The average Bonchev–Trinajstić information content (AvgIpc) is 2.84. The molecule has 0 bridgehead atoms. The highest BCUT2D eigenvalue weighted by Crippen LogP contribution is 2.24. The first-order chi connectivity index (χ1) is 10.2. The zero-order valence-electron chi connectivity index (χ0n) is 13.1. The van der Waals surface area contributed by atoms with Crippen molar-refractivity contribution < 1.29 is 9.42 Å². The summed E-state index contributed by atoms with van der Waals surface area (Å²) in [6, 6.07) is 12.9. The zero-order valence-corrected chi connectivity index (χ0v) is 13.1. The van der Waals surface area contributed by atoms with Gasteiger partial charge in [-0.3, -0.25) is 4.90 Å². The van der Waals surface area contributed by atoms with Crippen LogP contribution in [0.4, 0.5) is 5.82 Å². The Hall–Kier alpha value is -1.81. The number of methoxy groups -OCH3 is 1. The Kier molecular flexibility index (Phi) is 3.97. The molecule has 4 heteroatoms. The van der Waals surface area contributed by atoms with Gasteiger partial charge in [0.2, 0.25) is 0 Å². The number of hydrogen-bond acceptors (Lipinski definition) is 2. The summed E-state index contributed by atoms with van der Waals surface area (Å²) < 4.78 is 9.91. The summed E-state index contributed by atoms with van der Waals surface area (Å²) in [7, 11) is 6.06. The molecule has 0 aliphatic carbocycles. The third-order valence-electron chi connectivity index (χ3n) is 4.56. The van der Waals surface area contributed by atoms with Crippen LogP contribution in [0, 0.1) is 0 Å². The molecule has 1 saturated heterocycles. The summed E-state index contributed by atoms with van der Waals surface area (Å²) in [6.07, 6.45) is 2.63. The molecule has 0 atom stereocenters. The highest BCUT2D eigenvalue weighted by Gasteiger charge is 2.28. The Bertz CT molecular complexity index is 598. The van der Waals surface area contributed by atoms with Gasteiger partial charge in [-0.05, 0) is 0 Å². The monoisotopic (exact) mass is 286 g/mol. The summed E-state index contributed by atoms with van der Waals surface area (Å²) in [5.74, 6) is 1.28. The Labute approximate surface area is 126 Å². The summed E-state index contributed by atoms with van der Waals surface area (Å²) in [5, 5.41) is 0. The maximum absolute atomic E-state index is 5.47. The Morgan fingerprint density at radius 3 is 2.43 bits per heavy atom. The van der Waals surface area contributed by atoms with Gasteiger partial charge >= 0.3 is 0 Å². The third kappa shape index (κ3) is 2.68. The molecule has 112 valence electrons. The summed E-state index contributed by atoms with van der Waals surface area (Å²) in [5.41, 5.74) is 2.51. The van der Waals surface area contributed by atoms with E-state index >= 15 is 0 Å². The second-order valence-electron chi connectivity index (χ2n) is 5.72. The second-order valence-corrected chi connectivity index (χ2v) is 5.72. The normalized spacial score (nSPS) is 16.4.